The number of amides is 1. The molecule has 2 rings (SSSR count). The number of hydrogen-bond acceptors (Lipinski definition) is 3. The molecule has 0 aliphatic rings. The number of aryl methyl sites for hydroxylation is 1. The minimum Gasteiger partial charge on any atom is -0.482 e. The van der Waals surface area contributed by atoms with Gasteiger partial charge in [-0.2, -0.15) is 0 Å². The Balaban J connectivity index is 1.87. The maximum Gasteiger partial charge on any atom is 0.258 e. The SMILES string of the molecule is Cc1cc(Br)cc(Cl)c1OCC(=O)NCc1cccs1. The van der Waals surface area contributed by atoms with Gasteiger partial charge < -0.3 is 10.1 Å². The van der Waals surface area contributed by atoms with Crippen molar-refractivity contribution in [3.63, 3.8) is 0 Å². The lowest BCUT2D eigenvalue weighted by Gasteiger charge is -2.11. The van der Waals surface area contributed by atoms with Gasteiger partial charge in [-0.15, -0.1) is 11.3 Å². The maximum absolute atomic E-state index is 11.7. The Bertz CT molecular complexity index is 578. The van der Waals surface area contributed by atoms with Crippen LogP contribution >= 0.6 is 38.9 Å². The fraction of sp³-hybridized carbons (Fsp3) is 0.214. The van der Waals surface area contributed by atoms with Crippen LogP contribution in [0.5, 0.6) is 5.75 Å². The van der Waals surface area contributed by atoms with Gasteiger partial charge in [0.05, 0.1) is 11.6 Å². The molecule has 0 unspecified atom stereocenters. The van der Waals surface area contributed by atoms with Crippen molar-refractivity contribution in [2.24, 2.45) is 0 Å². The fourth-order valence-corrected chi connectivity index (χ4v) is 3.33. The number of halogens is 2. The first-order valence-electron chi connectivity index (χ1n) is 5.94. The number of benzene rings is 1. The van der Waals surface area contributed by atoms with E-state index in [1.807, 2.05) is 30.5 Å². The summed E-state index contributed by atoms with van der Waals surface area (Å²) in [6.07, 6.45) is 0. The van der Waals surface area contributed by atoms with Crippen LogP contribution in [0, 0.1) is 6.92 Å². The number of carbonyl (C=O) groups is 1. The van der Waals surface area contributed by atoms with Gasteiger partial charge in [0.2, 0.25) is 0 Å². The lowest BCUT2D eigenvalue weighted by molar-refractivity contribution is -0.123. The highest BCUT2D eigenvalue weighted by molar-refractivity contribution is 9.10. The molecule has 3 nitrogen and oxygen atoms in total. The fourth-order valence-electron chi connectivity index (χ4n) is 1.66. The first kappa shape index (κ1) is 15.4. The predicted molar refractivity (Wildman–Crippen MR) is 85.5 cm³/mol. The van der Waals surface area contributed by atoms with E-state index in [9.17, 15) is 4.79 Å². The summed E-state index contributed by atoms with van der Waals surface area (Å²) in [6, 6.07) is 7.56. The summed E-state index contributed by atoms with van der Waals surface area (Å²) < 4.78 is 6.38. The smallest absolute Gasteiger partial charge is 0.258 e. The van der Waals surface area contributed by atoms with E-state index >= 15 is 0 Å². The summed E-state index contributed by atoms with van der Waals surface area (Å²) in [5.41, 5.74) is 0.885. The van der Waals surface area contributed by atoms with Gasteiger partial charge in [-0.25, -0.2) is 0 Å². The standard InChI is InChI=1S/C14H13BrClNO2S/c1-9-5-10(15)6-12(16)14(9)19-8-13(18)17-7-11-3-2-4-20-11/h2-6H,7-8H2,1H3,(H,17,18). The van der Waals surface area contributed by atoms with Crippen molar-refractivity contribution in [3.05, 3.63) is 49.6 Å². The molecular weight excluding hydrogens is 362 g/mol. The Hall–Kier alpha value is -1.04. The Morgan fingerprint density at radius 3 is 2.95 bits per heavy atom. The van der Waals surface area contributed by atoms with E-state index in [-0.39, 0.29) is 12.5 Å². The zero-order valence-corrected chi connectivity index (χ0v) is 13.9. The monoisotopic (exact) mass is 373 g/mol. The van der Waals surface area contributed by atoms with Crippen molar-refractivity contribution in [2.75, 3.05) is 6.61 Å². The number of thiophene rings is 1. The van der Waals surface area contributed by atoms with Gasteiger partial charge in [-0.05, 0) is 36.1 Å². The van der Waals surface area contributed by atoms with Crippen LogP contribution in [0.3, 0.4) is 0 Å². The lowest BCUT2D eigenvalue weighted by Crippen LogP contribution is -2.28. The highest BCUT2D eigenvalue weighted by Crippen LogP contribution is 2.31. The second kappa shape index (κ2) is 7.11. The van der Waals surface area contributed by atoms with Crippen LogP contribution in [-0.2, 0) is 11.3 Å². The average molecular weight is 375 g/mol. The minimum atomic E-state index is -0.170. The van der Waals surface area contributed by atoms with E-state index in [1.54, 1.807) is 17.4 Å². The van der Waals surface area contributed by atoms with Gasteiger partial charge in [0.15, 0.2) is 6.61 Å². The summed E-state index contributed by atoms with van der Waals surface area (Å²) in [6.45, 7) is 2.36. The second-order valence-corrected chi connectivity index (χ2v) is 6.53. The molecule has 6 heteroatoms. The van der Waals surface area contributed by atoms with Gasteiger partial charge in [-0.1, -0.05) is 33.6 Å². The van der Waals surface area contributed by atoms with Crippen LogP contribution in [0.25, 0.3) is 0 Å². The molecule has 0 spiro atoms. The number of hydrogen-bond donors (Lipinski definition) is 1. The van der Waals surface area contributed by atoms with Crippen LogP contribution in [0.2, 0.25) is 5.02 Å². The summed E-state index contributed by atoms with van der Waals surface area (Å²) in [7, 11) is 0. The molecule has 0 aliphatic heterocycles. The Morgan fingerprint density at radius 1 is 1.50 bits per heavy atom. The third-order valence-electron chi connectivity index (χ3n) is 2.58. The Morgan fingerprint density at radius 2 is 2.30 bits per heavy atom. The molecule has 2 aromatic rings. The van der Waals surface area contributed by atoms with Gasteiger partial charge in [0.1, 0.15) is 5.75 Å². The van der Waals surface area contributed by atoms with Crippen molar-refractivity contribution < 1.29 is 9.53 Å². The van der Waals surface area contributed by atoms with Crippen LogP contribution in [0.1, 0.15) is 10.4 Å². The van der Waals surface area contributed by atoms with Crippen LogP contribution < -0.4 is 10.1 Å². The van der Waals surface area contributed by atoms with E-state index in [0.717, 1.165) is 14.9 Å². The topological polar surface area (TPSA) is 38.3 Å². The highest BCUT2D eigenvalue weighted by Gasteiger charge is 2.10. The van der Waals surface area contributed by atoms with E-state index in [2.05, 4.69) is 21.2 Å². The number of carbonyl (C=O) groups excluding carboxylic acids is 1. The predicted octanol–water partition coefficient (Wildman–Crippen LogP) is 4.17. The molecule has 0 bridgehead atoms. The van der Waals surface area contributed by atoms with Crippen LogP contribution in [0.4, 0.5) is 0 Å². The Kier molecular flexibility index (Phi) is 5.46. The van der Waals surface area contributed by atoms with Gasteiger partial charge >= 0.3 is 0 Å². The number of ether oxygens (including phenoxy) is 1. The molecule has 0 saturated carbocycles. The largest absolute Gasteiger partial charge is 0.482 e. The number of nitrogens with one attached hydrogen (secondary N) is 1. The van der Waals surface area contributed by atoms with E-state index in [0.29, 0.717) is 17.3 Å². The molecule has 106 valence electrons. The molecule has 1 aromatic heterocycles. The molecule has 20 heavy (non-hydrogen) atoms. The molecule has 0 fully saturated rings. The van der Waals surface area contributed by atoms with Crippen molar-refractivity contribution in [3.8, 4) is 5.75 Å². The molecule has 0 atom stereocenters. The van der Waals surface area contributed by atoms with Crippen molar-refractivity contribution in [2.45, 2.75) is 13.5 Å². The summed E-state index contributed by atoms with van der Waals surface area (Å²) >= 11 is 11.1. The van der Waals surface area contributed by atoms with E-state index in [4.69, 9.17) is 16.3 Å². The lowest BCUT2D eigenvalue weighted by atomic mass is 10.2. The van der Waals surface area contributed by atoms with Gasteiger partial charge in [-0.3, -0.25) is 4.79 Å². The van der Waals surface area contributed by atoms with Gasteiger partial charge in [0.25, 0.3) is 5.91 Å². The highest BCUT2D eigenvalue weighted by atomic mass is 79.9. The summed E-state index contributed by atoms with van der Waals surface area (Å²) in [5.74, 6) is 0.373. The molecule has 0 aliphatic carbocycles. The van der Waals surface area contributed by atoms with Crippen molar-refractivity contribution in [1.29, 1.82) is 0 Å². The van der Waals surface area contributed by atoms with E-state index < -0.39 is 0 Å². The third kappa shape index (κ3) is 4.23. The van der Waals surface area contributed by atoms with E-state index in [1.165, 1.54) is 0 Å². The Labute approximate surface area is 135 Å². The molecule has 0 saturated heterocycles. The summed E-state index contributed by atoms with van der Waals surface area (Å²) in [4.78, 5) is 12.8. The quantitative estimate of drug-likeness (QED) is 0.853. The minimum absolute atomic E-state index is 0.0480. The third-order valence-corrected chi connectivity index (χ3v) is 4.20. The molecule has 1 heterocycles. The molecular formula is C14H13BrClNO2S. The molecule has 0 radical (unpaired) electrons. The second-order valence-electron chi connectivity index (χ2n) is 4.18. The normalized spacial score (nSPS) is 10.3. The van der Waals surface area contributed by atoms with Crippen molar-refractivity contribution in [1.82, 2.24) is 5.32 Å². The first-order chi connectivity index (χ1) is 9.56. The van der Waals surface area contributed by atoms with Crippen LogP contribution in [0.15, 0.2) is 34.1 Å². The van der Waals surface area contributed by atoms with Crippen LogP contribution in [-0.4, -0.2) is 12.5 Å². The average Bonchev–Trinajstić information content (AvgIpc) is 2.88. The zero-order chi connectivity index (χ0) is 14.5. The number of rotatable bonds is 5. The molecule has 1 N–H and O–H groups in total. The summed E-state index contributed by atoms with van der Waals surface area (Å²) in [5, 5.41) is 5.26. The van der Waals surface area contributed by atoms with Gasteiger partial charge in [0, 0.05) is 9.35 Å². The molecule has 1 aromatic carbocycles. The zero-order valence-electron chi connectivity index (χ0n) is 10.8. The molecule has 1 amide bonds. The maximum atomic E-state index is 11.7. The first-order valence-corrected chi connectivity index (χ1v) is 7.99. The van der Waals surface area contributed by atoms with Crippen molar-refractivity contribution >= 4 is 44.8 Å².